The molecule has 0 fully saturated rings. The summed E-state index contributed by atoms with van der Waals surface area (Å²) in [5.74, 6) is -0.560. The molecule has 0 bridgehead atoms. The number of anilines is 1. The average Bonchev–Trinajstić information content (AvgIpc) is 2.66. The molecule has 0 aliphatic heterocycles. The summed E-state index contributed by atoms with van der Waals surface area (Å²) in [7, 11) is 0. The van der Waals surface area contributed by atoms with Gasteiger partial charge in [-0.05, 0) is 26.0 Å². The minimum Gasteiger partial charge on any atom is -0.461 e. The van der Waals surface area contributed by atoms with E-state index in [1.54, 1.807) is 32.0 Å². The second-order valence-corrected chi connectivity index (χ2v) is 3.90. The van der Waals surface area contributed by atoms with Crippen molar-refractivity contribution in [3.8, 4) is 5.69 Å². The molecule has 100 valence electrons. The Morgan fingerprint density at radius 3 is 2.79 bits per heavy atom. The molecule has 0 unspecified atom stereocenters. The zero-order valence-electron chi connectivity index (χ0n) is 10.7. The summed E-state index contributed by atoms with van der Waals surface area (Å²) in [5, 5.41) is 0. The van der Waals surface area contributed by atoms with E-state index < -0.39 is 11.8 Å². The molecule has 0 saturated carbocycles. The highest BCUT2D eigenvalue weighted by Crippen LogP contribution is 2.23. The van der Waals surface area contributed by atoms with Crippen LogP contribution >= 0.6 is 0 Å². The molecule has 1 aromatic heterocycles. The van der Waals surface area contributed by atoms with E-state index in [0.29, 0.717) is 5.82 Å². The van der Waals surface area contributed by atoms with Gasteiger partial charge >= 0.3 is 5.97 Å². The molecular weight excluding hydrogens is 249 g/mol. The normalized spacial score (nSPS) is 10.5. The van der Waals surface area contributed by atoms with Gasteiger partial charge in [0.15, 0.2) is 5.69 Å². The molecule has 0 aliphatic carbocycles. The first kappa shape index (κ1) is 13.1. The van der Waals surface area contributed by atoms with E-state index in [1.807, 2.05) is 0 Å². The Kier molecular flexibility index (Phi) is 3.50. The van der Waals surface area contributed by atoms with Crippen LogP contribution in [0.3, 0.4) is 0 Å². The topological polar surface area (TPSA) is 70.1 Å². The Balaban J connectivity index is 2.54. The van der Waals surface area contributed by atoms with E-state index >= 15 is 0 Å². The fourth-order valence-electron chi connectivity index (χ4n) is 1.84. The van der Waals surface area contributed by atoms with Gasteiger partial charge in [-0.15, -0.1) is 0 Å². The summed E-state index contributed by atoms with van der Waals surface area (Å²) in [6.07, 6.45) is 0. The zero-order chi connectivity index (χ0) is 14.0. The predicted molar refractivity (Wildman–Crippen MR) is 68.6 cm³/mol. The summed E-state index contributed by atoms with van der Waals surface area (Å²) < 4.78 is 20.0. The number of nitrogen functional groups attached to an aromatic ring is 1. The van der Waals surface area contributed by atoms with Crippen LogP contribution in [0.1, 0.15) is 23.2 Å². The molecule has 6 heteroatoms. The number of aryl methyl sites for hydroxylation is 1. The molecule has 1 aromatic carbocycles. The molecule has 2 N–H and O–H groups in total. The number of halogens is 1. The number of esters is 1. The number of ether oxygens (including phenoxy) is 1. The lowest BCUT2D eigenvalue weighted by Gasteiger charge is -2.08. The number of carbonyl (C=O) groups excluding carboxylic acids is 1. The fourth-order valence-corrected chi connectivity index (χ4v) is 1.84. The van der Waals surface area contributed by atoms with E-state index in [1.165, 1.54) is 10.6 Å². The number of benzene rings is 1. The van der Waals surface area contributed by atoms with Crippen molar-refractivity contribution in [3.63, 3.8) is 0 Å². The molecule has 0 amide bonds. The fraction of sp³-hybridized carbons (Fsp3) is 0.231. The number of nitrogens with two attached hydrogens (primary N) is 1. The van der Waals surface area contributed by atoms with Gasteiger partial charge in [-0.3, -0.25) is 4.57 Å². The van der Waals surface area contributed by atoms with Crippen molar-refractivity contribution >= 4 is 11.8 Å². The first-order valence-electron chi connectivity index (χ1n) is 5.83. The van der Waals surface area contributed by atoms with Gasteiger partial charge in [0, 0.05) is 0 Å². The van der Waals surface area contributed by atoms with Crippen molar-refractivity contribution in [2.75, 3.05) is 12.3 Å². The maximum absolute atomic E-state index is 13.8. The van der Waals surface area contributed by atoms with Gasteiger partial charge in [0.25, 0.3) is 0 Å². The van der Waals surface area contributed by atoms with E-state index in [0.717, 1.165) is 0 Å². The Bertz CT molecular complexity index is 622. The van der Waals surface area contributed by atoms with Gasteiger partial charge in [-0.25, -0.2) is 14.2 Å². The van der Waals surface area contributed by atoms with Gasteiger partial charge in [-0.2, -0.15) is 0 Å². The minimum atomic E-state index is -0.613. The number of hydrogen-bond donors (Lipinski definition) is 1. The van der Waals surface area contributed by atoms with E-state index in [4.69, 9.17) is 10.5 Å². The van der Waals surface area contributed by atoms with Crippen molar-refractivity contribution in [2.45, 2.75) is 13.8 Å². The molecule has 0 spiro atoms. The number of imidazole rings is 1. The third-order valence-corrected chi connectivity index (χ3v) is 2.64. The molecule has 0 radical (unpaired) electrons. The van der Waals surface area contributed by atoms with Crippen LogP contribution in [-0.2, 0) is 4.74 Å². The van der Waals surface area contributed by atoms with Crippen molar-refractivity contribution in [3.05, 3.63) is 41.6 Å². The van der Waals surface area contributed by atoms with Gasteiger partial charge < -0.3 is 10.5 Å². The van der Waals surface area contributed by atoms with Gasteiger partial charge in [0.05, 0.1) is 12.3 Å². The summed E-state index contributed by atoms with van der Waals surface area (Å²) in [4.78, 5) is 15.7. The van der Waals surface area contributed by atoms with Crippen LogP contribution in [-0.4, -0.2) is 22.1 Å². The zero-order valence-corrected chi connectivity index (χ0v) is 10.7. The second kappa shape index (κ2) is 5.09. The van der Waals surface area contributed by atoms with E-state index in [-0.39, 0.29) is 23.8 Å². The predicted octanol–water partition coefficient (Wildman–Crippen LogP) is 2.08. The lowest BCUT2D eigenvalue weighted by molar-refractivity contribution is 0.0521. The van der Waals surface area contributed by atoms with Gasteiger partial charge in [0.2, 0.25) is 0 Å². The van der Waals surface area contributed by atoms with Crippen molar-refractivity contribution in [2.24, 2.45) is 0 Å². The maximum Gasteiger partial charge on any atom is 0.360 e. The standard InChI is InChI=1S/C13H14FN3O2/c1-3-19-13(18)11-12(15)17(8(2)16-11)10-7-5-4-6-9(10)14/h4-7H,3,15H2,1-2H3. The SMILES string of the molecule is CCOC(=O)c1nc(C)n(-c2ccccc2F)c1N. The number of nitrogens with zero attached hydrogens (tertiary/aromatic N) is 2. The van der Waals surface area contributed by atoms with Crippen LogP contribution in [0.25, 0.3) is 5.69 Å². The average molecular weight is 263 g/mol. The summed E-state index contributed by atoms with van der Waals surface area (Å²) in [5.41, 5.74) is 6.12. The number of rotatable bonds is 3. The van der Waals surface area contributed by atoms with E-state index in [2.05, 4.69) is 4.98 Å². The molecule has 0 aliphatic rings. The van der Waals surface area contributed by atoms with Crippen LogP contribution < -0.4 is 5.73 Å². The highest BCUT2D eigenvalue weighted by atomic mass is 19.1. The number of hydrogen-bond acceptors (Lipinski definition) is 4. The third-order valence-electron chi connectivity index (χ3n) is 2.64. The molecule has 0 atom stereocenters. The van der Waals surface area contributed by atoms with Crippen LogP contribution in [0.5, 0.6) is 0 Å². The number of para-hydroxylation sites is 1. The second-order valence-electron chi connectivity index (χ2n) is 3.90. The first-order chi connectivity index (χ1) is 9.06. The van der Waals surface area contributed by atoms with Gasteiger partial charge in [-0.1, -0.05) is 12.1 Å². The Labute approximate surface area is 109 Å². The maximum atomic E-state index is 13.8. The van der Waals surface area contributed by atoms with Crippen LogP contribution in [0.2, 0.25) is 0 Å². The van der Waals surface area contributed by atoms with Crippen molar-refractivity contribution < 1.29 is 13.9 Å². The number of carbonyl (C=O) groups is 1. The van der Waals surface area contributed by atoms with Crippen molar-refractivity contribution in [1.29, 1.82) is 0 Å². The lowest BCUT2D eigenvalue weighted by Crippen LogP contribution is -2.10. The molecule has 19 heavy (non-hydrogen) atoms. The third kappa shape index (κ3) is 2.29. The Morgan fingerprint density at radius 1 is 1.47 bits per heavy atom. The monoisotopic (exact) mass is 263 g/mol. The Morgan fingerprint density at radius 2 is 2.16 bits per heavy atom. The molecule has 0 saturated heterocycles. The van der Waals surface area contributed by atoms with Gasteiger partial charge in [0.1, 0.15) is 17.5 Å². The first-order valence-corrected chi connectivity index (χ1v) is 5.83. The van der Waals surface area contributed by atoms with Crippen LogP contribution in [0.4, 0.5) is 10.2 Å². The van der Waals surface area contributed by atoms with Crippen LogP contribution in [0, 0.1) is 12.7 Å². The van der Waals surface area contributed by atoms with Crippen LogP contribution in [0.15, 0.2) is 24.3 Å². The minimum absolute atomic E-state index is 0.00241. The quantitative estimate of drug-likeness (QED) is 0.861. The molecule has 5 nitrogen and oxygen atoms in total. The summed E-state index contributed by atoms with van der Waals surface area (Å²) in [6.45, 7) is 3.56. The molecular formula is C13H14FN3O2. The lowest BCUT2D eigenvalue weighted by atomic mass is 10.3. The summed E-state index contributed by atoms with van der Waals surface area (Å²) in [6, 6.07) is 6.14. The largest absolute Gasteiger partial charge is 0.461 e. The van der Waals surface area contributed by atoms with Crippen molar-refractivity contribution in [1.82, 2.24) is 9.55 Å². The number of aromatic nitrogens is 2. The van der Waals surface area contributed by atoms with E-state index in [9.17, 15) is 9.18 Å². The summed E-state index contributed by atoms with van der Waals surface area (Å²) >= 11 is 0. The Hall–Kier alpha value is -2.37. The highest BCUT2D eigenvalue weighted by Gasteiger charge is 2.21. The molecule has 2 rings (SSSR count). The smallest absolute Gasteiger partial charge is 0.360 e. The molecule has 1 heterocycles. The molecule has 2 aromatic rings. The highest BCUT2D eigenvalue weighted by molar-refractivity contribution is 5.92.